The van der Waals surface area contributed by atoms with E-state index in [9.17, 15) is 4.79 Å². The van der Waals surface area contributed by atoms with E-state index < -0.39 is 0 Å². The monoisotopic (exact) mass is 274 g/mol. The third-order valence-electron chi connectivity index (χ3n) is 4.61. The van der Waals surface area contributed by atoms with Crippen LogP contribution < -0.4 is 11.1 Å². The molecule has 2 atom stereocenters. The number of nitrogens with one attached hydrogen (secondary N) is 1. The highest BCUT2D eigenvalue weighted by Gasteiger charge is 2.29. The molecule has 4 heteroatoms. The Bertz CT molecular complexity index is 265. The predicted molar refractivity (Wildman–Crippen MR) is 76.7 cm³/mol. The number of carbonyl (C=O) groups excluding carboxylic acids is 1. The fraction of sp³-hybridized carbons (Fsp3) is 0.929. The molecule has 1 amide bonds. The van der Waals surface area contributed by atoms with Crippen molar-refractivity contribution in [3.63, 3.8) is 0 Å². The van der Waals surface area contributed by atoms with Gasteiger partial charge in [0, 0.05) is 18.0 Å². The van der Waals surface area contributed by atoms with Crippen LogP contribution in [-0.2, 0) is 4.79 Å². The molecule has 0 saturated heterocycles. The van der Waals surface area contributed by atoms with Crippen molar-refractivity contribution in [1.82, 2.24) is 5.32 Å². The van der Waals surface area contributed by atoms with Gasteiger partial charge >= 0.3 is 0 Å². The summed E-state index contributed by atoms with van der Waals surface area (Å²) in [6.07, 6.45) is 9.08. The summed E-state index contributed by atoms with van der Waals surface area (Å²) >= 11 is 0. The first-order valence-electron chi connectivity index (χ1n) is 7.25. The zero-order chi connectivity index (χ0) is 12.3. The van der Waals surface area contributed by atoms with E-state index in [0.717, 1.165) is 25.2 Å². The zero-order valence-electron chi connectivity index (χ0n) is 11.4. The SMILES string of the molecule is CCC1CCC(NC(=O)C2CCC(N)C2)CC1.Cl. The molecule has 0 aromatic rings. The van der Waals surface area contributed by atoms with Gasteiger partial charge in [-0.3, -0.25) is 4.79 Å². The highest BCUT2D eigenvalue weighted by Crippen LogP contribution is 2.28. The second-order valence-electron chi connectivity index (χ2n) is 5.90. The first-order chi connectivity index (χ1) is 8.19. The summed E-state index contributed by atoms with van der Waals surface area (Å²) < 4.78 is 0. The Morgan fingerprint density at radius 3 is 2.33 bits per heavy atom. The molecule has 18 heavy (non-hydrogen) atoms. The number of halogens is 1. The van der Waals surface area contributed by atoms with Gasteiger partial charge in [0.1, 0.15) is 0 Å². The Labute approximate surface area is 117 Å². The van der Waals surface area contributed by atoms with Crippen molar-refractivity contribution >= 4 is 18.3 Å². The van der Waals surface area contributed by atoms with Crippen LogP contribution in [0.15, 0.2) is 0 Å². The number of nitrogens with two attached hydrogens (primary N) is 1. The highest BCUT2D eigenvalue weighted by molar-refractivity contribution is 5.85. The third kappa shape index (κ3) is 4.13. The van der Waals surface area contributed by atoms with E-state index in [4.69, 9.17) is 5.73 Å². The minimum atomic E-state index is 0. The van der Waals surface area contributed by atoms with E-state index in [-0.39, 0.29) is 30.3 Å². The number of amides is 1. The molecular formula is C14H27ClN2O. The van der Waals surface area contributed by atoms with E-state index >= 15 is 0 Å². The lowest BCUT2D eigenvalue weighted by Crippen LogP contribution is -2.40. The fourth-order valence-corrected chi connectivity index (χ4v) is 3.29. The van der Waals surface area contributed by atoms with E-state index in [1.165, 1.54) is 32.1 Å². The van der Waals surface area contributed by atoms with Crippen LogP contribution in [0.5, 0.6) is 0 Å². The maximum absolute atomic E-state index is 12.0. The van der Waals surface area contributed by atoms with Gasteiger partial charge in [0.2, 0.25) is 5.91 Å². The van der Waals surface area contributed by atoms with Gasteiger partial charge in [-0.1, -0.05) is 13.3 Å². The largest absolute Gasteiger partial charge is 0.353 e. The van der Waals surface area contributed by atoms with Crippen LogP contribution in [0.4, 0.5) is 0 Å². The lowest BCUT2D eigenvalue weighted by Gasteiger charge is -2.29. The van der Waals surface area contributed by atoms with Gasteiger partial charge in [0.05, 0.1) is 0 Å². The average Bonchev–Trinajstić information content (AvgIpc) is 2.77. The van der Waals surface area contributed by atoms with Crippen LogP contribution in [0, 0.1) is 11.8 Å². The maximum atomic E-state index is 12.0. The van der Waals surface area contributed by atoms with Gasteiger partial charge in [-0.2, -0.15) is 0 Å². The minimum absolute atomic E-state index is 0. The molecule has 106 valence electrons. The zero-order valence-corrected chi connectivity index (χ0v) is 12.2. The molecule has 3 nitrogen and oxygen atoms in total. The van der Waals surface area contributed by atoms with Crippen LogP contribution in [0.2, 0.25) is 0 Å². The Morgan fingerprint density at radius 1 is 1.17 bits per heavy atom. The summed E-state index contributed by atoms with van der Waals surface area (Å²) in [5.41, 5.74) is 5.85. The molecule has 0 aromatic heterocycles. The van der Waals surface area contributed by atoms with Crippen LogP contribution in [0.1, 0.15) is 58.3 Å². The molecule has 0 spiro atoms. The molecule has 2 rings (SSSR count). The van der Waals surface area contributed by atoms with Gasteiger partial charge < -0.3 is 11.1 Å². The lowest BCUT2D eigenvalue weighted by atomic mass is 9.84. The van der Waals surface area contributed by atoms with E-state index in [1.54, 1.807) is 0 Å². The number of carbonyl (C=O) groups is 1. The number of hydrogen-bond donors (Lipinski definition) is 2. The highest BCUT2D eigenvalue weighted by atomic mass is 35.5. The van der Waals surface area contributed by atoms with E-state index in [1.807, 2.05) is 0 Å². The van der Waals surface area contributed by atoms with Crippen molar-refractivity contribution in [2.45, 2.75) is 70.4 Å². The summed E-state index contributed by atoms with van der Waals surface area (Å²) in [5, 5.41) is 3.23. The summed E-state index contributed by atoms with van der Waals surface area (Å²) in [6, 6.07) is 0.684. The molecule has 2 unspecified atom stereocenters. The fourth-order valence-electron chi connectivity index (χ4n) is 3.29. The van der Waals surface area contributed by atoms with Crippen LogP contribution in [0.3, 0.4) is 0 Å². The molecule has 0 aromatic carbocycles. The molecule has 2 saturated carbocycles. The minimum Gasteiger partial charge on any atom is -0.353 e. The summed E-state index contributed by atoms with van der Waals surface area (Å²) in [6.45, 7) is 2.27. The summed E-state index contributed by atoms with van der Waals surface area (Å²) in [7, 11) is 0. The number of rotatable bonds is 3. The van der Waals surface area contributed by atoms with Crippen molar-refractivity contribution in [1.29, 1.82) is 0 Å². The number of hydrogen-bond acceptors (Lipinski definition) is 2. The Balaban J connectivity index is 0.00000162. The van der Waals surface area contributed by atoms with Gasteiger partial charge in [-0.15, -0.1) is 12.4 Å². The molecule has 2 aliphatic rings. The average molecular weight is 275 g/mol. The maximum Gasteiger partial charge on any atom is 0.223 e. The first-order valence-corrected chi connectivity index (χ1v) is 7.25. The second kappa shape index (κ2) is 7.34. The van der Waals surface area contributed by atoms with Gasteiger partial charge in [-0.25, -0.2) is 0 Å². The van der Waals surface area contributed by atoms with Crippen LogP contribution in [-0.4, -0.2) is 18.0 Å². The van der Waals surface area contributed by atoms with E-state index in [2.05, 4.69) is 12.2 Å². The Morgan fingerprint density at radius 2 is 1.83 bits per heavy atom. The molecule has 0 aliphatic heterocycles. The van der Waals surface area contributed by atoms with Crippen molar-refractivity contribution in [2.75, 3.05) is 0 Å². The summed E-state index contributed by atoms with van der Waals surface area (Å²) in [4.78, 5) is 12.0. The molecule has 0 heterocycles. The quantitative estimate of drug-likeness (QED) is 0.831. The molecular weight excluding hydrogens is 248 g/mol. The third-order valence-corrected chi connectivity index (χ3v) is 4.61. The predicted octanol–water partition coefficient (Wildman–Crippen LogP) is 2.62. The van der Waals surface area contributed by atoms with Crippen molar-refractivity contribution in [3.05, 3.63) is 0 Å². The molecule has 2 aliphatic carbocycles. The topological polar surface area (TPSA) is 55.1 Å². The van der Waals surface area contributed by atoms with Crippen molar-refractivity contribution in [2.24, 2.45) is 17.6 Å². The normalized spacial score (nSPS) is 35.9. The molecule has 0 bridgehead atoms. The van der Waals surface area contributed by atoms with Crippen LogP contribution in [0.25, 0.3) is 0 Å². The van der Waals surface area contributed by atoms with Crippen molar-refractivity contribution < 1.29 is 4.79 Å². The standard InChI is InChI=1S/C14H26N2O.ClH/c1-2-10-3-7-13(8-4-10)16-14(17)11-5-6-12(15)9-11;/h10-13H,2-9,15H2,1H3,(H,16,17);1H. The van der Waals surface area contributed by atoms with Gasteiger partial charge in [-0.05, 0) is 50.9 Å². The summed E-state index contributed by atoms with van der Waals surface area (Å²) in [5.74, 6) is 1.34. The Hall–Kier alpha value is -0.280. The van der Waals surface area contributed by atoms with Gasteiger partial charge in [0.25, 0.3) is 0 Å². The second-order valence-corrected chi connectivity index (χ2v) is 5.90. The molecule has 0 radical (unpaired) electrons. The van der Waals surface area contributed by atoms with Crippen LogP contribution >= 0.6 is 12.4 Å². The Kier molecular flexibility index (Phi) is 6.44. The lowest BCUT2D eigenvalue weighted by molar-refractivity contribution is -0.125. The van der Waals surface area contributed by atoms with E-state index in [0.29, 0.717) is 6.04 Å². The van der Waals surface area contributed by atoms with Crippen molar-refractivity contribution in [3.8, 4) is 0 Å². The molecule has 2 fully saturated rings. The first kappa shape index (κ1) is 15.8. The van der Waals surface area contributed by atoms with Gasteiger partial charge in [0.15, 0.2) is 0 Å². The molecule has 3 N–H and O–H groups in total. The smallest absolute Gasteiger partial charge is 0.223 e.